The highest BCUT2D eigenvalue weighted by molar-refractivity contribution is 5.66. The van der Waals surface area contributed by atoms with E-state index in [0.29, 0.717) is 0 Å². The van der Waals surface area contributed by atoms with Gasteiger partial charge in [-0.3, -0.25) is 4.68 Å². The molecule has 0 saturated carbocycles. The van der Waals surface area contributed by atoms with E-state index >= 15 is 0 Å². The largest absolute Gasteiger partial charge is 0.324 e. The summed E-state index contributed by atoms with van der Waals surface area (Å²) in [5.74, 6) is -0.252. The Morgan fingerprint density at radius 1 is 1.44 bits per heavy atom. The highest BCUT2D eigenvalue weighted by Gasteiger charge is 2.11. The fourth-order valence-corrected chi connectivity index (χ4v) is 2.03. The van der Waals surface area contributed by atoms with Crippen molar-refractivity contribution in [2.24, 2.45) is 5.73 Å². The minimum absolute atomic E-state index is 0.130. The smallest absolute Gasteiger partial charge is 0.123 e. The van der Waals surface area contributed by atoms with Crippen molar-refractivity contribution in [3.63, 3.8) is 0 Å². The van der Waals surface area contributed by atoms with Crippen LogP contribution in [0.25, 0.3) is 11.1 Å². The molecule has 1 aromatic heterocycles. The molecule has 0 saturated heterocycles. The van der Waals surface area contributed by atoms with Crippen LogP contribution in [0.2, 0.25) is 0 Å². The highest BCUT2D eigenvalue weighted by Crippen LogP contribution is 2.27. The van der Waals surface area contributed by atoms with Crippen molar-refractivity contribution in [1.82, 2.24) is 9.78 Å². The first-order chi connectivity index (χ1) is 8.61. The first-order valence-corrected chi connectivity index (χ1v) is 6.19. The predicted molar refractivity (Wildman–Crippen MR) is 70.5 cm³/mol. The number of benzene rings is 1. The van der Waals surface area contributed by atoms with Gasteiger partial charge in [0, 0.05) is 24.3 Å². The maximum Gasteiger partial charge on any atom is 0.123 e. The molecule has 2 aromatic rings. The van der Waals surface area contributed by atoms with Gasteiger partial charge in [-0.05, 0) is 36.6 Å². The van der Waals surface area contributed by atoms with E-state index in [9.17, 15) is 4.39 Å². The molecule has 96 valence electrons. The molecule has 0 radical (unpaired) electrons. The molecule has 0 aliphatic heterocycles. The van der Waals surface area contributed by atoms with Gasteiger partial charge in [-0.25, -0.2) is 4.39 Å². The van der Waals surface area contributed by atoms with Crippen molar-refractivity contribution in [3.05, 3.63) is 42.0 Å². The standard InChI is InChI=1S/C14H18FN3/c1-3-6-18-9-11(8-17-18)14-7-12(15)4-5-13(14)10(2)16/h4-5,7-10H,3,6,16H2,1-2H3. The van der Waals surface area contributed by atoms with Crippen LogP contribution in [0.1, 0.15) is 31.9 Å². The summed E-state index contributed by atoms with van der Waals surface area (Å²) in [6.45, 7) is 4.85. The van der Waals surface area contributed by atoms with Crippen molar-refractivity contribution < 1.29 is 4.39 Å². The Balaban J connectivity index is 2.44. The van der Waals surface area contributed by atoms with E-state index in [1.54, 1.807) is 12.3 Å². The van der Waals surface area contributed by atoms with Crippen molar-refractivity contribution in [1.29, 1.82) is 0 Å². The van der Waals surface area contributed by atoms with Gasteiger partial charge in [0.1, 0.15) is 5.82 Å². The monoisotopic (exact) mass is 247 g/mol. The van der Waals surface area contributed by atoms with Gasteiger partial charge >= 0.3 is 0 Å². The first kappa shape index (κ1) is 12.8. The molecule has 1 atom stereocenters. The second-order valence-corrected chi connectivity index (χ2v) is 4.51. The molecule has 0 aliphatic carbocycles. The van der Waals surface area contributed by atoms with Gasteiger partial charge in [0.15, 0.2) is 0 Å². The number of rotatable bonds is 4. The van der Waals surface area contributed by atoms with Crippen molar-refractivity contribution >= 4 is 0 Å². The van der Waals surface area contributed by atoms with Crippen LogP contribution in [-0.4, -0.2) is 9.78 Å². The fourth-order valence-electron chi connectivity index (χ4n) is 2.03. The van der Waals surface area contributed by atoms with Crippen LogP contribution < -0.4 is 5.73 Å². The minimum atomic E-state index is -0.252. The molecule has 0 fully saturated rings. The van der Waals surface area contributed by atoms with E-state index in [-0.39, 0.29) is 11.9 Å². The molecule has 1 aromatic carbocycles. The highest BCUT2D eigenvalue weighted by atomic mass is 19.1. The minimum Gasteiger partial charge on any atom is -0.324 e. The molecular weight excluding hydrogens is 229 g/mol. The van der Waals surface area contributed by atoms with Crippen LogP contribution >= 0.6 is 0 Å². The Morgan fingerprint density at radius 3 is 2.89 bits per heavy atom. The third kappa shape index (κ3) is 2.59. The molecule has 2 N–H and O–H groups in total. The second-order valence-electron chi connectivity index (χ2n) is 4.51. The summed E-state index contributed by atoms with van der Waals surface area (Å²) >= 11 is 0. The number of hydrogen-bond acceptors (Lipinski definition) is 2. The normalized spacial score (nSPS) is 12.7. The topological polar surface area (TPSA) is 43.8 Å². The van der Waals surface area contributed by atoms with Crippen LogP contribution in [0, 0.1) is 5.82 Å². The fraction of sp³-hybridized carbons (Fsp3) is 0.357. The predicted octanol–water partition coefficient (Wildman–Crippen LogP) is 3.12. The number of nitrogens with two attached hydrogens (primary N) is 1. The van der Waals surface area contributed by atoms with Crippen LogP contribution in [0.15, 0.2) is 30.6 Å². The molecule has 0 spiro atoms. The number of aromatic nitrogens is 2. The van der Waals surface area contributed by atoms with Crippen molar-refractivity contribution in [3.8, 4) is 11.1 Å². The Kier molecular flexibility index (Phi) is 3.77. The summed E-state index contributed by atoms with van der Waals surface area (Å²) in [6, 6.07) is 4.58. The molecular formula is C14H18FN3. The molecule has 2 rings (SSSR count). The summed E-state index contributed by atoms with van der Waals surface area (Å²) in [4.78, 5) is 0. The Bertz CT molecular complexity index is 532. The van der Waals surface area contributed by atoms with E-state index in [2.05, 4.69) is 12.0 Å². The summed E-state index contributed by atoms with van der Waals surface area (Å²) in [7, 11) is 0. The van der Waals surface area contributed by atoms with Gasteiger partial charge in [0.05, 0.1) is 6.20 Å². The van der Waals surface area contributed by atoms with Gasteiger partial charge in [0.25, 0.3) is 0 Å². The van der Waals surface area contributed by atoms with Gasteiger partial charge in [0.2, 0.25) is 0 Å². The lowest BCUT2D eigenvalue weighted by Gasteiger charge is -2.11. The molecule has 0 amide bonds. The molecule has 1 unspecified atom stereocenters. The molecule has 1 heterocycles. The maximum atomic E-state index is 13.4. The molecule has 0 aliphatic rings. The summed E-state index contributed by atoms with van der Waals surface area (Å²) in [5.41, 5.74) is 8.59. The molecule has 3 nitrogen and oxygen atoms in total. The third-order valence-corrected chi connectivity index (χ3v) is 2.90. The van der Waals surface area contributed by atoms with E-state index < -0.39 is 0 Å². The zero-order valence-corrected chi connectivity index (χ0v) is 10.7. The van der Waals surface area contributed by atoms with Crippen molar-refractivity contribution in [2.45, 2.75) is 32.9 Å². The lowest BCUT2D eigenvalue weighted by atomic mass is 9.98. The van der Waals surface area contributed by atoms with Crippen LogP contribution in [0.5, 0.6) is 0 Å². The lowest BCUT2D eigenvalue weighted by molar-refractivity contribution is 0.603. The van der Waals surface area contributed by atoms with Crippen LogP contribution in [-0.2, 0) is 6.54 Å². The van der Waals surface area contributed by atoms with E-state index in [1.165, 1.54) is 12.1 Å². The third-order valence-electron chi connectivity index (χ3n) is 2.90. The van der Waals surface area contributed by atoms with Gasteiger partial charge in [-0.15, -0.1) is 0 Å². The Hall–Kier alpha value is -1.68. The van der Waals surface area contributed by atoms with Crippen LogP contribution in [0.4, 0.5) is 4.39 Å². The number of hydrogen-bond donors (Lipinski definition) is 1. The second kappa shape index (κ2) is 5.31. The zero-order valence-electron chi connectivity index (χ0n) is 10.7. The van der Waals surface area contributed by atoms with Gasteiger partial charge in [-0.1, -0.05) is 13.0 Å². The zero-order chi connectivity index (χ0) is 13.1. The van der Waals surface area contributed by atoms with Gasteiger partial charge < -0.3 is 5.73 Å². The van der Waals surface area contributed by atoms with E-state index in [0.717, 1.165) is 29.7 Å². The SMILES string of the molecule is CCCn1cc(-c2cc(F)ccc2C(C)N)cn1. The quantitative estimate of drug-likeness (QED) is 0.902. The average molecular weight is 247 g/mol. The number of nitrogens with zero attached hydrogens (tertiary/aromatic N) is 2. The summed E-state index contributed by atoms with van der Waals surface area (Å²) in [6.07, 6.45) is 4.71. The van der Waals surface area contributed by atoms with Crippen LogP contribution in [0.3, 0.4) is 0 Å². The lowest BCUT2D eigenvalue weighted by Crippen LogP contribution is -2.06. The van der Waals surface area contributed by atoms with E-state index in [1.807, 2.05) is 17.8 Å². The Morgan fingerprint density at radius 2 is 2.22 bits per heavy atom. The molecule has 4 heteroatoms. The number of aryl methyl sites for hydroxylation is 1. The number of halogens is 1. The van der Waals surface area contributed by atoms with E-state index in [4.69, 9.17) is 5.73 Å². The van der Waals surface area contributed by atoms with Gasteiger partial charge in [-0.2, -0.15) is 5.10 Å². The molecule has 0 bridgehead atoms. The maximum absolute atomic E-state index is 13.4. The summed E-state index contributed by atoms with van der Waals surface area (Å²) < 4.78 is 15.2. The molecule has 18 heavy (non-hydrogen) atoms. The average Bonchev–Trinajstić information content (AvgIpc) is 2.77. The summed E-state index contributed by atoms with van der Waals surface area (Å²) in [5, 5.41) is 4.27. The Labute approximate surface area is 106 Å². The first-order valence-electron chi connectivity index (χ1n) is 6.19. The van der Waals surface area contributed by atoms with Crippen molar-refractivity contribution in [2.75, 3.05) is 0 Å².